The minimum atomic E-state index is -0.260. The van der Waals surface area contributed by atoms with E-state index in [0.717, 1.165) is 11.1 Å². The maximum atomic E-state index is 12.3. The molecule has 0 amide bonds. The van der Waals surface area contributed by atoms with Gasteiger partial charge in [0.15, 0.2) is 0 Å². The minimum Gasteiger partial charge on any atom is -0.508 e. The number of fused-ring (bicyclic) bond motifs is 1. The van der Waals surface area contributed by atoms with Crippen molar-refractivity contribution in [1.82, 2.24) is 9.97 Å². The van der Waals surface area contributed by atoms with E-state index in [4.69, 9.17) is 4.42 Å². The average molecular weight is 304 g/mol. The maximum Gasteiger partial charge on any atom is 0.262 e. The maximum absolute atomic E-state index is 12.3. The number of hydrogen-bond acceptors (Lipinski definition) is 4. The van der Waals surface area contributed by atoms with Crippen molar-refractivity contribution in [2.24, 2.45) is 0 Å². The average Bonchev–Trinajstić information content (AvgIpc) is 2.97. The molecule has 2 aromatic heterocycles. The topological polar surface area (TPSA) is 79.1 Å². The molecule has 4 aromatic rings. The van der Waals surface area contributed by atoms with E-state index < -0.39 is 0 Å². The highest BCUT2D eigenvalue weighted by Crippen LogP contribution is 2.38. The van der Waals surface area contributed by atoms with Gasteiger partial charge in [-0.05, 0) is 17.7 Å². The SMILES string of the molecule is O=c1[nH]cnc2oc(-c3ccccc3)c(-c3ccc(O)cc3)c12. The van der Waals surface area contributed by atoms with Crippen LogP contribution in [0.5, 0.6) is 5.75 Å². The number of hydrogen-bond donors (Lipinski definition) is 2. The molecule has 0 aliphatic carbocycles. The number of aromatic hydroxyl groups is 1. The second kappa shape index (κ2) is 5.14. The van der Waals surface area contributed by atoms with Crippen molar-refractivity contribution in [3.63, 3.8) is 0 Å². The fraction of sp³-hybridized carbons (Fsp3) is 0. The van der Waals surface area contributed by atoms with Crippen LogP contribution in [0.2, 0.25) is 0 Å². The van der Waals surface area contributed by atoms with Gasteiger partial charge in [0.1, 0.15) is 16.9 Å². The van der Waals surface area contributed by atoms with Crippen LogP contribution in [0.4, 0.5) is 0 Å². The summed E-state index contributed by atoms with van der Waals surface area (Å²) < 4.78 is 5.86. The number of H-pyrrole nitrogens is 1. The molecule has 0 aliphatic heterocycles. The summed E-state index contributed by atoms with van der Waals surface area (Å²) in [5.41, 5.74) is 2.33. The van der Waals surface area contributed by atoms with Crippen LogP contribution in [-0.2, 0) is 0 Å². The predicted molar refractivity (Wildman–Crippen MR) is 87.2 cm³/mol. The van der Waals surface area contributed by atoms with Gasteiger partial charge in [0.2, 0.25) is 5.71 Å². The molecule has 0 atom stereocenters. The van der Waals surface area contributed by atoms with E-state index in [2.05, 4.69) is 9.97 Å². The first-order valence-corrected chi connectivity index (χ1v) is 7.09. The van der Waals surface area contributed by atoms with Crippen LogP contribution in [0.3, 0.4) is 0 Å². The zero-order chi connectivity index (χ0) is 15.8. The van der Waals surface area contributed by atoms with Gasteiger partial charge in [-0.1, -0.05) is 42.5 Å². The Bertz CT molecular complexity index is 1030. The van der Waals surface area contributed by atoms with E-state index in [1.807, 2.05) is 30.3 Å². The van der Waals surface area contributed by atoms with Gasteiger partial charge in [-0.3, -0.25) is 4.79 Å². The number of aromatic amines is 1. The monoisotopic (exact) mass is 304 g/mol. The third-order valence-corrected chi connectivity index (χ3v) is 3.69. The number of phenols is 1. The van der Waals surface area contributed by atoms with Gasteiger partial charge in [0.05, 0.1) is 6.33 Å². The van der Waals surface area contributed by atoms with Crippen molar-refractivity contribution in [2.75, 3.05) is 0 Å². The van der Waals surface area contributed by atoms with Gasteiger partial charge in [-0.15, -0.1) is 0 Å². The molecule has 2 aromatic carbocycles. The quantitative estimate of drug-likeness (QED) is 0.593. The van der Waals surface area contributed by atoms with Gasteiger partial charge < -0.3 is 14.5 Å². The highest BCUT2D eigenvalue weighted by molar-refractivity contribution is 5.99. The zero-order valence-corrected chi connectivity index (χ0v) is 12.0. The summed E-state index contributed by atoms with van der Waals surface area (Å²) in [6.45, 7) is 0. The fourth-order valence-electron chi connectivity index (χ4n) is 2.64. The molecule has 0 saturated heterocycles. The number of benzene rings is 2. The van der Waals surface area contributed by atoms with Gasteiger partial charge in [0.25, 0.3) is 5.56 Å². The first kappa shape index (κ1) is 13.3. The van der Waals surface area contributed by atoms with Gasteiger partial charge >= 0.3 is 0 Å². The van der Waals surface area contributed by atoms with Crippen LogP contribution in [0.1, 0.15) is 0 Å². The Balaban J connectivity index is 2.11. The third-order valence-electron chi connectivity index (χ3n) is 3.69. The number of nitrogens with one attached hydrogen (secondary N) is 1. The molecule has 0 aliphatic rings. The lowest BCUT2D eigenvalue weighted by atomic mass is 9.99. The number of phenolic OH excluding ortho intramolecular Hbond substituents is 1. The second-order valence-electron chi connectivity index (χ2n) is 5.13. The lowest BCUT2D eigenvalue weighted by Crippen LogP contribution is -2.05. The van der Waals surface area contributed by atoms with Crippen LogP contribution >= 0.6 is 0 Å². The Labute approximate surface area is 130 Å². The molecular weight excluding hydrogens is 292 g/mol. The van der Waals surface area contributed by atoms with Crippen LogP contribution in [-0.4, -0.2) is 15.1 Å². The number of rotatable bonds is 2. The number of nitrogens with zero attached hydrogens (tertiary/aromatic N) is 1. The smallest absolute Gasteiger partial charge is 0.262 e. The highest BCUT2D eigenvalue weighted by atomic mass is 16.3. The Morgan fingerprint density at radius 2 is 1.70 bits per heavy atom. The van der Waals surface area contributed by atoms with Gasteiger partial charge in [-0.25, -0.2) is 4.98 Å². The van der Waals surface area contributed by atoms with Crippen LogP contribution in [0.25, 0.3) is 33.6 Å². The largest absolute Gasteiger partial charge is 0.508 e. The Morgan fingerprint density at radius 3 is 2.43 bits per heavy atom. The van der Waals surface area contributed by atoms with Crippen molar-refractivity contribution >= 4 is 11.1 Å². The Hall–Kier alpha value is -3.34. The highest BCUT2D eigenvalue weighted by Gasteiger charge is 2.20. The standard InChI is InChI=1S/C18H12N2O3/c21-13-8-6-11(7-9-13)14-15-17(22)19-10-20-18(15)23-16(14)12-4-2-1-3-5-12/h1-10,21H,(H,19,20,22). The molecule has 0 unspecified atom stereocenters. The van der Waals surface area contributed by atoms with Crippen LogP contribution in [0, 0.1) is 0 Å². The number of aromatic nitrogens is 2. The molecule has 112 valence electrons. The zero-order valence-electron chi connectivity index (χ0n) is 12.0. The molecule has 0 spiro atoms. The third kappa shape index (κ3) is 2.19. The second-order valence-corrected chi connectivity index (χ2v) is 5.13. The molecule has 0 radical (unpaired) electrons. The van der Waals surface area contributed by atoms with E-state index in [-0.39, 0.29) is 17.0 Å². The summed E-state index contributed by atoms with van der Waals surface area (Å²) in [6, 6.07) is 16.2. The molecule has 23 heavy (non-hydrogen) atoms. The summed E-state index contributed by atoms with van der Waals surface area (Å²) in [5.74, 6) is 0.741. The van der Waals surface area contributed by atoms with Crippen molar-refractivity contribution in [3.8, 4) is 28.2 Å². The first-order valence-electron chi connectivity index (χ1n) is 7.09. The summed E-state index contributed by atoms with van der Waals surface area (Å²) >= 11 is 0. The van der Waals surface area contributed by atoms with E-state index in [0.29, 0.717) is 16.7 Å². The molecule has 0 bridgehead atoms. The molecule has 4 rings (SSSR count). The van der Waals surface area contributed by atoms with Crippen molar-refractivity contribution < 1.29 is 9.52 Å². The number of furan rings is 1. The predicted octanol–water partition coefficient (Wildman–Crippen LogP) is 3.56. The summed E-state index contributed by atoms with van der Waals surface area (Å²) in [4.78, 5) is 19.0. The van der Waals surface area contributed by atoms with Crippen molar-refractivity contribution in [1.29, 1.82) is 0 Å². The van der Waals surface area contributed by atoms with E-state index >= 15 is 0 Å². The van der Waals surface area contributed by atoms with Gasteiger partial charge in [-0.2, -0.15) is 0 Å². The molecule has 2 N–H and O–H groups in total. The molecule has 0 saturated carbocycles. The van der Waals surface area contributed by atoms with Gasteiger partial charge in [0, 0.05) is 11.1 Å². The normalized spacial score (nSPS) is 11.0. The Kier molecular flexibility index (Phi) is 2.98. The lowest BCUT2D eigenvalue weighted by molar-refractivity contribution is 0.475. The Morgan fingerprint density at radius 1 is 0.957 bits per heavy atom. The molecule has 0 fully saturated rings. The van der Waals surface area contributed by atoms with Crippen molar-refractivity contribution in [2.45, 2.75) is 0 Å². The lowest BCUT2D eigenvalue weighted by Gasteiger charge is -2.03. The first-order chi connectivity index (χ1) is 11.2. The molecule has 5 nitrogen and oxygen atoms in total. The minimum absolute atomic E-state index is 0.162. The van der Waals surface area contributed by atoms with Crippen LogP contribution < -0.4 is 5.56 Å². The molecule has 5 heteroatoms. The molecular formula is C18H12N2O3. The van der Waals surface area contributed by atoms with E-state index in [1.54, 1.807) is 24.3 Å². The van der Waals surface area contributed by atoms with E-state index in [1.165, 1.54) is 6.33 Å². The van der Waals surface area contributed by atoms with Crippen molar-refractivity contribution in [3.05, 3.63) is 71.3 Å². The molecule has 2 heterocycles. The van der Waals surface area contributed by atoms with E-state index in [9.17, 15) is 9.90 Å². The summed E-state index contributed by atoms with van der Waals surface area (Å²) in [6.07, 6.45) is 1.32. The summed E-state index contributed by atoms with van der Waals surface area (Å²) in [7, 11) is 0. The fourth-order valence-corrected chi connectivity index (χ4v) is 2.64. The summed E-state index contributed by atoms with van der Waals surface area (Å²) in [5, 5.41) is 9.90. The van der Waals surface area contributed by atoms with Crippen LogP contribution in [0.15, 0.2) is 70.1 Å².